The van der Waals surface area contributed by atoms with Gasteiger partial charge < -0.3 is 14.0 Å². The zero-order valence-corrected chi connectivity index (χ0v) is 33.5. The van der Waals surface area contributed by atoms with Crippen molar-refractivity contribution >= 4 is 60.7 Å². The molecule has 0 amide bonds. The Morgan fingerprint density at radius 3 is 1.43 bits per heavy atom. The van der Waals surface area contributed by atoms with Gasteiger partial charge in [0.1, 0.15) is 0 Å². The van der Waals surface area contributed by atoms with Gasteiger partial charge in [0, 0.05) is 55.4 Å². The lowest BCUT2D eigenvalue weighted by Gasteiger charge is -2.28. The molecule has 0 N–H and O–H groups in total. The maximum Gasteiger partial charge on any atom is 0.0542 e. The van der Waals surface area contributed by atoms with Crippen molar-refractivity contribution in [2.24, 2.45) is 0 Å². The highest BCUT2D eigenvalue weighted by Gasteiger charge is 2.36. The molecule has 3 heteroatoms. The molecule has 1 aliphatic carbocycles. The standard InChI is InChI=1S/C57H41N3/c1-57(2)51-36-43(29-32-45(51)46-33-30-44(37-52(46)57)60-53-22-12-9-19-47(53)48-20-10-13-23-54(48)60)58(41-27-25-39(26-28-41)38-15-5-3-6-16-38)42-31-34-56-50(35-42)49-21-11-14-24-55(49)59(56)40-17-7-4-8-18-40/h3-37H,1-2H3. The van der Waals surface area contributed by atoms with Crippen LogP contribution in [0.4, 0.5) is 17.1 Å². The van der Waals surface area contributed by atoms with Crippen molar-refractivity contribution in [2.75, 3.05) is 4.90 Å². The Morgan fingerprint density at radius 1 is 0.333 bits per heavy atom. The molecule has 12 rings (SSSR count). The van der Waals surface area contributed by atoms with E-state index in [0.717, 1.165) is 22.7 Å². The van der Waals surface area contributed by atoms with Crippen LogP contribution >= 0.6 is 0 Å². The summed E-state index contributed by atoms with van der Waals surface area (Å²) in [6, 6.07) is 77.8. The van der Waals surface area contributed by atoms with Crippen LogP contribution in [-0.2, 0) is 5.41 Å². The fraction of sp³-hybridized carbons (Fsp3) is 0.0526. The van der Waals surface area contributed by atoms with E-state index in [1.807, 2.05) is 0 Å². The Kier molecular flexibility index (Phi) is 7.58. The minimum absolute atomic E-state index is 0.231. The van der Waals surface area contributed by atoms with E-state index in [1.165, 1.54) is 82.7 Å². The average molecular weight is 768 g/mol. The maximum atomic E-state index is 2.44. The molecule has 0 saturated carbocycles. The van der Waals surface area contributed by atoms with E-state index >= 15 is 0 Å². The number of nitrogens with zero attached hydrogens (tertiary/aromatic N) is 3. The van der Waals surface area contributed by atoms with Gasteiger partial charge in [0.15, 0.2) is 0 Å². The molecule has 0 aliphatic heterocycles. The van der Waals surface area contributed by atoms with Gasteiger partial charge in [0.2, 0.25) is 0 Å². The number of benzene rings is 9. The van der Waals surface area contributed by atoms with Crippen molar-refractivity contribution in [2.45, 2.75) is 19.3 Å². The van der Waals surface area contributed by atoms with Crippen molar-refractivity contribution in [1.29, 1.82) is 0 Å². The molecule has 284 valence electrons. The van der Waals surface area contributed by atoms with E-state index in [1.54, 1.807) is 0 Å². The molecule has 9 aromatic carbocycles. The summed E-state index contributed by atoms with van der Waals surface area (Å²) in [5.74, 6) is 0. The lowest BCUT2D eigenvalue weighted by molar-refractivity contribution is 0.660. The van der Waals surface area contributed by atoms with Crippen LogP contribution in [0.15, 0.2) is 212 Å². The molecule has 1 aliphatic rings. The largest absolute Gasteiger partial charge is 0.310 e. The van der Waals surface area contributed by atoms with E-state index in [2.05, 4.69) is 240 Å². The smallest absolute Gasteiger partial charge is 0.0542 e. The van der Waals surface area contributed by atoms with Crippen molar-refractivity contribution in [3.05, 3.63) is 223 Å². The molecule has 0 fully saturated rings. The zero-order chi connectivity index (χ0) is 40.0. The summed E-state index contributed by atoms with van der Waals surface area (Å²) < 4.78 is 4.82. The van der Waals surface area contributed by atoms with E-state index in [4.69, 9.17) is 0 Å². The van der Waals surface area contributed by atoms with Crippen LogP contribution in [0.1, 0.15) is 25.0 Å². The lowest BCUT2D eigenvalue weighted by Crippen LogP contribution is -2.17. The van der Waals surface area contributed by atoms with Crippen LogP contribution in [0.25, 0.3) is 77.2 Å². The topological polar surface area (TPSA) is 13.1 Å². The van der Waals surface area contributed by atoms with E-state index in [-0.39, 0.29) is 5.41 Å². The summed E-state index contributed by atoms with van der Waals surface area (Å²) in [5, 5.41) is 5.02. The molecule has 2 heterocycles. The third-order valence-electron chi connectivity index (χ3n) is 12.9. The zero-order valence-electron chi connectivity index (χ0n) is 33.5. The van der Waals surface area contributed by atoms with Gasteiger partial charge in [-0.15, -0.1) is 0 Å². The third-order valence-corrected chi connectivity index (χ3v) is 12.9. The summed E-state index contributed by atoms with van der Waals surface area (Å²) in [4.78, 5) is 2.44. The summed E-state index contributed by atoms with van der Waals surface area (Å²) in [6.45, 7) is 4.78. The molecule has 11 aromatic rings. The van der Waals surface area contributed by atoms with Crippen LogP contribution in [-0.4, -0.2) is 9.13 Å². The number of para-hydroxylation sites is 4. The summed E-state index contributed by atoms with van der Waals surface area (Å²) in [6.07, 6.45) is 0. The minimum Gasteiger partial charge on any atom is -0.310 e. The molecule has 0 spiro atoms. The predicted molar refractivity (Wildman–Crippen MR) is 253 cm³/mol. The second-order valence-electron chi connectivity index (χ2n) is 16.6. The second kappa shape index (κ2) is 13.2. The SMILES string of the molecule is CC1(C)c2cc(N(c3ccc(-c4ccccc4)cc3)c3ccc4c(c3)c3ccccc3n4-c3ccccc3)ccc2-c2ccc(-n3c4ccccc4c4ccccc43)cc21. The Balaban J connectivity index is 1.01. The van der Waals surface area contributed by atoms with Crippen molar-refractivity contribution in [3.63, 3.8) is 0 Å². The van der Waals surface area contributed by atoms with Crippen molar-refractivity contribution in [1.82, 2.24) is 9.13 Å². The number of hydrogen-bond donors (Lipinski definition) is 0. The molecule has 0 saturated heterocycles. The Labute approximate surface area is 349 Å². The van der Waals surface area contributed by atoms with Gasteiger partial charge in [-0.3, -0.25) is 0 Å². The van der Waals surface area contributed by atoms with Gasteiger partial charge >= 0.3 is 0 Å². The first-order chi connectivity index (χ1) is 29.5. The van der Waals surface area contributed by atoms with E-state index in [9.17, 15) is 0 Å². The quantitative estimate of drug-likeness (QED) is 0.164. The van der Waals surface area contributed by atoms with Crippen LogP contribution in [0.3, 0.4) is 0 Å². The van der Waals surface area contributed by atoms with E-state index < -0.39 is 0 Å². The summed E-state index contributed by atoms with van der Waals surface area (Å²) in [7, 11) is 0. The Hall–Kier alpha value is -7.62. The first-order valence-electron chi connectivity index (χ1n) is 20.9. The highest BCUT2D eigenvalue weighted by Crippen LogP contribution is 2.52. The fourth-order valence-corrected chi connectivity index (χ4v) is 10.0. The number of hydrogen-bond acceptors (Lipinski definition) is 1. The number of anilines is 3. The van der Waals surface area contributed by atoms with Crippen molar-refractivity contribution in [3.8, 4) is 33.6 Å². The Morgan fingerprint density at radius 2 is 0.783 bits per heavy atom. The normalized spacial score (nSPS) is 13.0. The highest BCUT2D eigenvalue weighted by atomic mass is 15.1. The van der Waals surface area contributed by atoms with Crippen molar-refractivity contribution < 1.29 is 0 Å². The van der Waals surface area contributed by atoms with Gasteiger partial charge in [-0.2, -0.15) is 0 Å². The van der Waals surface area contributed by atoms with Crippen LogP contribution in [0, 0.1) is 0 Å². The molecule has 60 heavy (non-hydrogen) atoms. The third kappa shape index (κ3) is 5.15. The molecular formula is C57H41N3. The molecule has 2 aromatic heterocycles. The first-order valence-corrected chi connectivity index (χ1v) is 20.9. The monoisotopic (exact) mass is 767 g/mol. The average Bonchev–Trinajstić information content (AvgIpc) is 3.90. The van der Waals surface area contributed by atoms with Gasteiger partial charge in [0.05, 0.1) is 22.1 Å². The maximum absolute atomic E-state index is 2.44. The Bertz CT molecular complexity index is 3390. The molecular weight excluding hydrogens is 727 g/mol. The summed E-state index contributed by atoms with van der Waals surface area (Å²) >= 11 is 0. The van der Waals surface area contributed by atoms with Gasteiger partial charge in [0.25, 0.3) is 0 Å². The van der Waals surface area contributed by atoms with Crippen LogP contribution < -0.4 is 4.90 Å². The molecule has 0 bridgehead atoms. The number of aromatic nitrogens is 2. The summed E-state index contributed by atoms with van der Waals surface area (Å²) in [5.41, 5.74) is 18.0. The number of fused-ring (bicyclic) bond motifs is 9. The van der Waals surface area contributed by atoms with Crippen LogP contribution in [0.5, 0.6) is 0 Å². The minimum atomic E-state index is -0.231. The predicted octanol–water partition coefficient (Wildman–Crippen LogP) is 15.3. The molecule has 0 unspecified atom stereocenters. The van der Waals surface area contributed by atoms with E-state index in [0.29, 0.717) is 0 Å². The lowest BCUT2D eigenvalue weighted by atomic mass is 9.82. The van der Waals surface area contributed by atoms with Gasteiger partial charge in [-0.1, -0.05) is 141 Å². The fourth-order valence-electron chi connectivity index (χ4n) is 10.0. The molecule has 0 atom stereocenters. The van der Waals surface area contributed by atoms with Crippen LogP contribution in [0.2, 0.25) is 0 Å². The molecule has 3 nitrogen and oxygen atoms in total. The van der Waals surface area contributed by atoms with Gasteiger partial charge in [-0.25, -0.2) is 0 Å². The molecule has 0 radical (unpaired) electrons. The van der Waals surface area contributed by atoms with Gasteiger partial charge in [-0.05, 0) is 118 Å². The number of rotatable bonds is 6. The highest BCUT2D eigenvalue weighted by molar-refractivity contribution is 6.11. The first kappa shape index (κ1) is 34.4. The second-order valence-corrected chi connectivity index (χ2v) is 16.6.